The summed E-state index contributed by atoms with van der Waals surface area (Å²) in [7, 11) is 0. The Balaban J connectivity index is 2.21. The number of carbonyl (C=O) groups excluding carboxylic acids is 1. The van der Waals surface area contributed by atoms with Crippen LogP contribution in [0.25, 0.3) is 0 Å². The van der Waals surface area contributed by atoms with Crippen molar-refractivity contribution in [3.05, 3.63) is 34.4 Å². The third-order valence-electron chi connectivity index (χ3n) is 2.37. The number of benzene rings is 1. The Morgan fingerprint density at radius 2 is 2.00 bits per heavy atom. The molecule has 0 atom stereocenters. The molecule has 6 heteroatoms. The first-order chi connectivity index (χ1) is 8.09. The summed E-state index contributed by atoms with van der Waals surface area (Å²) in [4.78, 5) is 11.7. The minimum Gasteiger partial charge on any atom is -0.350 e. The zero-order chi connectivity index (χ0) is 12.4. The number of halogens is 3. The van der Waals surface area contributed by atoms with E-state index in [1.807, 2.05) is 0 Å². The van der Waals surface area contributed by atoms with Gasteiger partial charge in [0.25, 0.3) is 0 Å². The lowest BCUT2D eigenvalue weighted by Crippen LogP contribution is -2.16. The van der Waals surface area contributed by atoms with Gasteiger partial charge in [-0.25, -0.2) is 8.78 Å². The Labute approximate surface area is 101 Å². The number of hydrogen-bond donors (Lipinski definition) is 0. The summed E-state index contributed by atoms with van der Waals surface area (Å²) >= 11 is 5.67. The van der Waals surface area contributed by atoms with Gasteiger partial charge in [-0.3, -0.25) is 4.79 Å². The van der Waals surface area contributed by atoms with Gasteiger partial charge in [-0.05, 0) is 12.1 Å². The molecule has 1 fully saturated rings. The van der Waals surface area contributed by atoms with E-state index in [0.717, 1.165) is 12.1 Å². The van der Waals surface area contributed by atoms with Gasteiger partial charge in [-0.1, -0.05) is 11.6 Å². The van der Waals surface area contributed by atoms with E-state index >= 15 is 0 Å². The number of carbonyl (C=O) groups is 1. The third-order valence-corrected chi connectivity index (χ3v) is 2.68. The van der Waals surface area contributed by atoms with Crippen molar-refractivity contribution in [3.8, 4) is 0 Å². The van der Waals surface area contributed by atoms with Gasteiger partial charge in [0.1, 0.15) is 0 Å². The van der Waals surface area contributed by atoms with Gasteiger partial charge in [0.2, 0.25) is 0 Å². The lowest BCUT2D eigenvalue weighted by Gasteiger charge is -2.09. The molecule has 1 aliphatic rings. The van der Waals surface area contributed by atoms with Crippen LogP contribution in [0, 0.1) is 11.6 Å². The monoisotopic (exact) mass is 262 g/mol. The molecule has 0 spiro atoms. The maximum Gasteiger partial charge on any atom is 0.172 e. The summed E-state index contributed by atoms with van der Waals surface area (Å²) < 4.78 is 36.5. The highest BCUT2D eigenvalue weighted by Gasteiger charge is 2.25. The summed E-state index contributed by atoms with van der Waals surface area (Å²) in [6.45, 7) is 0.772. The fraction of sp³-hybridized carbons (Fsp3) is 0.364. The average molecular weight is 263 g/mol. The van der Waals surface area contributed by atoms with E-state index in [9.17, 15) is 13.6 Å². The minimum atomic E-state index is -1.24. The molecule has 1 heterocycles. The Morgan fingerprint density at radius 1 is 1.35 bits per heavy atom. The summed E-state index contributed by atoms with van der Waals surface area (Å²) in [6, 6.07) is 2.01. The number of ketones is 1. The predicted molar refractivity (Wildman–Crippen MR) is 56.0 cm³/mol. The van der Waals surface area contributed by atoms with Gasteiger partial charge in [-0.15, -0.1) is 0 Å². The van der Waals surface area contributed by atoms with Crippen LogP contribution in [-0.2, 0) is 9.47 Å². The number of ether oxygens (including phenoxy) is 2. The van der Waals surface area contributed by atoms with Crippen LogP contribution in [0.3, 0.4) is 0 Å². The maximum atomic E-state index is 13.4. The normalized spacial score (nSPS) is 16.4. The van der Waals surface area contributed by atoms with Crippen LogP contribution in [0.5, 0.6) is 0 Å². The smallest absolute Gasteiger partial charge is 0.172 e. The molecular weight excluding hydrogens is 254 g/mol. The molecule has 0 N–H and O–H groups in total. The lowest BCUT2D eigenvalue weighted by molar-refractivity contribution is -0.0408. The van der Waals surface area contributed by atoms with Crippen LogP contribution >= 0.6 is 11.6 Å². The van der Waals surface area contributed by atoms with Crippen molar-refractivity contribution in [1.29, 1.82) is 0 Å². The highest BCUT2D eigenvalue weighted by atomic mass is 35.5. The van der Waals surface area contributed by atoms with Crippen molar-refractivity contribution in [1.82, 2.24) is 0 Å². The molecule has 1 aliphatic heterocycles. The number of rotatable bonds is 3. The predicted octanol–water partition coefficient (Wildman–Crippen LogP) is 2.56. The summed E-state index contributed by atoms with van der Waals surface area (Å²) in [6.07, 6.45) is -0.888. The summed E-state index contributed by atoms with van der Waals surface area (Å²) in [5, 5.41) is -0.119. The van der Waals surface area contributed by atoms with Crippen LogP contribution in [0.2, 0.25) is 5.02 Å². The second kappa shape index (κ2) is 5.08. The van der Waals surface area contributed by atoms with E-state index in [-0.39, 0.29) is 11.4 Å². The van der Waals surface area contributed by atoms with E-state index < -0.39 is 29.3 Å². The van der Waals surface area contributed by atoms with E-state index in [2.05, 4.69) is 0 Å². The summed E-state index contributed by atoms with van der Waals surface area (Å²) in [5.74, 6) is -2.98. The highest BCUT2D eigenvalue weighted by Crippen LogP contribution is 2.24. The van der Waals surface area contributed by atoms with Crippen molar-refractivity contribution in [2.24, 2.45) is 0 Å². The van der Waals surface area contributed by atoms with E-state index in [1.54, 1.807) is 0 Å². The molecule has 0 bridgehead atoms. The standard InChI is InChI=1S/C11H9ClF2O3/c12-6-1-2-7(13)11(14)10(6)8(15)5-9-16-3-4-17-9/h1-2,9H,3-5H2. The van der Waals surface area contributed by atoms with Crippen LogP contribution in [0.1, 0.15) is 16.8 Å². The van der Waals surface area contributed by atoms with Gasteiger partial charge in [-0.2, -0.15) is 0 Å². The molecule has 1 aromatic carbocycles. The Hall–Kier alpha value is -1.04. The Morgan fingerprint density at radius 3 is 2.65 bits per heavy atom. The molecule has 0 amide bonds. The molecule has 1 aromatic rings. The third kappa shape index (κ3) is 2.62. The van der Waals surface area contributed by atoms with Gasteiger partial charge in [0, 0.05) is 0 Å². The van der Waals surface area contributed by atoms with Gasteiger partial charge in [0.15, 0.2) is 23.7 Å². The van der Waals surface area contributed by atoms with Gasteiger partial charge >= 0.3 is 0 Å². The molecule has 0 aromatic heterocycles. The maximum absolute atomic E-state index is 13.4. The lowest BCUT2D eigenvalue weighted by atomic mass is 10.1. The van der Waals surface area contributed by atoms with Crippen molar-refractivity contribution < 1.29 is 23.0 Å². The zero-order valence-electron chi connectivity index (χ0n) is 8.71. The van der Waals surface area contributed by atoms with Crippen molar-refractivity contribution >= 4 is 17.4 Å². The molecule has 0 saturated carbocycles. The molecule has 92 valence electrons. The summed E-state index contributed by atoms with van der Waals surface area (Å²) in [5.41, 5.74) is -0.453. The molecule has 0 radical (unpaired) electrons. The van der Waals surface area contributed by atoms with E-state index in [0.29, 0.717) is 13.2 Å². The molecular formula is C11H9ClF2O3. The molecule has 17 heavy (non-hydrogen) atoms. The van der Waals surface area contributed by atoms with Crippen LogP contribution in [0.15, 0.2) is 12.1 Å². The van der Waals surface area contributed by atoms with Gasteiger partial charge in [0.05, 0.1) is 30.2 Å². The number of Topliss-reactive ketones (excluding diaryl/α,β-unsaturated/α-hetero) is 1. The van der Waals surface area contributed by atoms with E-state index in [1.165, 1.54) is 0 Å². The second-order valence-corrected chi connectivity index (χ2v) is 3.92. The Kier molecular flexibility index (Phi) is 3.71. The Bertz CT molecular complexity index is 445. The van der Waals surface area contributed by atoms with E-state index in [4.69, 9.17) is 21.1 Å². The molecule has 0 aliphatic carbocycles. The fourth-order valence-electron chi connectivity index (χ4n) is 1.56. The van der Waals surface area contributed by atoms with Crippen molar-refractivity contribution in [2.45, 2.75) is 12.7 Å². The first-order valence-corrected chi connectivity index (χ1v) is 5.37. The minimum absolute atomic E-state index is 0.119. The number of hydrogen-bond acceptors (Lipinski definition) is 3. The molecule has 3 nitrogen and oxygen atoms in total. The second-order valence-electron chi connectivity index (χ2n) is 3.52. The quantitative estimate of drug-likeness (QED) is 0.620. The molecule has 0 unspecified atom stereocenters. The molecule has 1 saturated heterocycles. The molecule has 2 rings (SSSR count). The van der Waals surface area contributed by atoms with Crippen molar-refractivity contribution in [2.75, 3.05) is 13.2 Å². The SMILES string of the molecule is O=C(CC1OCCO1)c1c(Cl)ccc(F)c1F. The first-order valence-electron chi connectivity index (χ1n) is 4.99. The van der Waals surface area contributed by atoms with Crippen LogP contribution < -0.4 is 0 Å². The first kappa shape index (κ1) is 12.4. The zero-order valence-corrected chi connectivity index (χ0v) is 9.47. The topological polar surface area (TPSA) is 35.5 Å². The fourth-order valence-corrected chi connectivity index (χ4v) is 1.81. The highest BCUT2D eigenvalue weighted by molar-refractivity contribution is 6.34. The largest absolute Gasteiger partial charge is 0.350 e. The van der Waals surface area contributed by atoms with Crippen LogP contribution in [-0.4, -0.2) is 25.3 Å². The van der Waals surface area contributed by atoms with Gasteiger partial charge < -0.3 is 9.47 Å². The average Bonchev–Trinajstić information content (AvgIpc) is 2.77. The van der Waals surface area contributed by atoms with Crippen LogP contribution in [0.4, 0.5) is 8.78 Å². The van der Waals surface area contributed by atoms with Crippen molar-refractivity contribution in [3.63, 3.8) is 0 Å².